The van der Waals surface area contributed by atoms with E-state index in [2.05, 4.69) is 34.7 Å². The molecule has 0 saturated carbocycles. The molecule has 2 atom stereocenters. The van der Waals surface area contributed by atoms with Crippen LogP contribution in [0, 0.1) is 11.6 Å². The number of thioether (sulfide) groups is 1. The van der Waals surface area contributed by atoms with Gasteiger partial charge in [-0.15, -0.1) is 11.8 Å². The first-order chi connectivity index (χ1) is 19.4. The minimum atomic E-state index is -1.02. The number of aliphatic hydroxyl groups excluding tert-OH is 1. The van der Waals surface area contributed by atoms with Crippen molar-refractivity contribution in [3.63, 3.8) is 0 Å². The van der Waals surface area contributed by atoms with E-state index in [1.807, 2.05) is 42.5 Å². The van der Waals surface area contributed by atoms with E-state index in [4.69, 9.17) is 0 Å². The second kappa shape index (κ2) is 14.7. The molecule has 40 heavy (non-hydrogen) atoms. The van der Waals surface area contributed by atoms with E-state index in [0.717, 1.165) is 34.3 Å². The zero-order chi connectivity index (χ0) is 28.3. The van der Waals surface area contributed by atoms with E-state index in [-0.39, 0.29) is 13.0 Å². The number of carbonyl (C=O) groups excluding carboxylic acids is 1. The summed E-state index contributed by atoms with van der Waals surface area (Å²) >= 11 is 1.56. The number of benzene rings is 3. The lowest BCUT2D eigenvalue weighted by Gasteiger charge is -2.25. The predicted molar refractivity (Wildman–Crippen MR) is 155 cm³/mol. The second-order valence-electron chi connectivity index (χ2n) is 9.62. The summed E-state index contributed by atoms with van der Waals surface area (Å²) in [7, 11) is 0. The molecule has 0 bridgehead atoms. The topological polar surface area (TPSA) is 74.2 Å². The molecule has 2 unspecified atom stereocenters. The van der Waals surface area contributed by atoms with Crippen LogP contribution in [0.1, 0.15) is 39.5 Å². The lowest BCUT2D eigenvalue weighted by Crippen LogP contribution is -2.48. The molecule has 3 aromatic carbocycles. The third-order valence-corrected chi connectivity index (χ3v) is 7.50. The van der Waals surface area contributed by atoms with Crippen molar-refractivity contribution in [3.05, 3.63) is 131 Å². The van der Waals surface area contributed by atoms with Gasteiger partial charge in [-0.2, -0.15) is 0 Å². The highest BCUT2D eigenvalue weighted by atomic mass is 32.2. The van der Waals surface area contributed by atoms with Crippen molar-refractivity contribution in [1.82, 2.24) is 15.6 Å². The van der Waals surface area contributed by atoms with Crippen LogP contribution in [0.15, 0.2) is 96.2 Å². The maximum Gasteiger partial charge on any atom is 0.253 e. The Hall–Kier alpha value is -3.59. The zero-order valence-corrected chi connectivity index (χ0v) is 23.1. The summed E-state index contributed by atoms with van der Waals surface area (Å²) in [5.74, 6) is -1.12. The summed E-state index contributed by atoms with van der Waals surface area (Å²) in [6.07, 6.45) is 3.11. The van der Waals surface area contributed by atoms with Gasteiger partial charge in [0.25, 0.3) is 5.91 Å². The van der Waals surface area contributed by atoms with Crippen LogP contribution >= 0.6 is 11.8 Å². The summed E-state index contributed by atoms with van der Waals surface area (Å²) < 4.78 is 27.8. The molecule has 1 heterocycles. The molecular formula is C32H33F2N3O2S. The number of aromatic nitrogens is 1. The predicted octanol–water partition coefficient (Wildman–Crippen LogP) is 5.71. The maximum atomic E-state index is 13.9. The average molecular weight is 562 g/mol. The highest BCUT2D eigenvalue weighted by Gasteiger charge is 2.23. The highest BCUT2D eigenvalue weighted by molar-refractivity contribution is 7.98. The molecule has 208 valence electrons. The van der Waals surface area contributed by atoms with Crippen LogP contribution in [0.3, 0.4) is 0 Å². The number of rotatable bonds is 13. The molecule has 3 N–H and O–H groups in total. The quantitative estimate of drug-likeness (QED) is 0.183. The first-order valence-corrected chi connectivity index (χ1v) is 14.2. The molecule has 4 aromatic rings. The second-order valence-corrected chi connectivity index (χ2v) is 10.7. The molecule has 0 aliphatic rings. The summed E-state index contributed by atoms with van der Waals surface area (Å²) in [4.78, 5) is 18.3. The van der Waals surface area contributed by atoms with E-state index in [1.165, 1.54) is 23.9 Å². The minimum Gasteiger partial charge on any atom is -0.390 e. The van der Waals surface area contributed by atoms with Gasteiger partial charge in [0.15, 0.2) is 0 Å². The van der Waals surface area contributed by atoms with Gasteiger partial charge in [0.1, 0.15) is 11.6 Å². The van der Waals surface area contributed by atoms with Gasteiger partial charge in [0, 0.05) is 42.2 Å². The lowest BCUT2D eigenvalue weighted by molar-refractivity contribution is 0.0829. The van der Waals surface area contributed by atoms with Gasteiger partial charge in [-0.25, -0.2) is 8.78 Å². The van der Waals surface area contributed by atoms with Crippen LogP contribution in [0.2, 0.25) is 0 Å². The first kappa shape index (κ1) is 29.4. The molecule has 0 radical (unpaired) electrons. The Morgan fingerprint density at radius 1 is 0.900 bits per heavy atom. The van der Waals surface area contributed by atoms with E-state index in [9.17, 15) is 18.7 Å². The average Bonchev–Trinajstić information content (AvgIpc) is 2.96. The van der Waals surface area contributed by atoms with Gasteiger partial charge in [-0.05, 0) is 53.3 Å². The monoisotopic (exact) mass is 561 g/mol. The van der Waals surface area contributed by atoms with Gasteiger partial charge in [0.2, 0.25) is 0 Å². The largest absolute Gasteiger partial charge is 0.390 e. The number of hydrogen-bond donors (Lipinski definition) is 3. The molecule has 0 aliphatic heterocycles. The van der Waals surface area contributed by atoms with Crippen molar-refractivity contribution in [2.75, 3.05) is 6.54 Å². The maximum absolute atomic E-state index is 13.9. The number of hydrogen-bond acceptors (Lipinski definition) is 5. The summed E-state index contributed by atoms with van der Waals surface area (Å²) in [5, 5.41) is 17.2. The van der Waals surface area contributed by atoms with Crippen LogP contribution in [-0.2, 0) is 25.1 Å². The molecule has 0 fully saturated rings. The minimum absolute atomic E-state index is 0.0461. The molecule has 0 spiro atoms. The fourth-order valence-corrected chi connectivity index (χ4v) is 5.22. The molecule has 4 rings (SSSR count). The molecule has 8 heteroatoms. The first-order valence-electron chi connectivity index (χ1n) is 13.2. The van der Waals surface area contributed by atoms with E-state index >= 15 is 0 Å². The molecule has 1 aromatic heterocycles. The Labute approximate surface area is 238 Å². The Bertz CT molecular complexity index is 1380. The number of halogens is 2. The third-order valence-electron chi connectivity index (χ3n) is 6.46. The van der Waals surface area contributed by atoms with E-state index in [1.54, 1.807) is 24.0 Å². The van der Waals surface area contributed by atoms with Crippen molar-refractivity contribution < 1.29 is 18.7 Å². The highest BCUT2D eigenvalue weighted by Crippen LogP contribution is 2.23. The Morgan fingerprint density at radius 3 is 2.38 bits per heavy atom. The van der Waals surface area contributed by atoms with Gasteiger partial charge >= 0.3 is 0 Å². The molecule has 5 nitrogen and oxygen atoms in total. The molecular weight excluding hydrogens is 528 g/mol. The number of nitrogens with one attached hydrogen (secondary N) is 2. The van der Waals surface area contributed by atoms with Crippen molar-refractivity contribution in [2.45, 2.75) is 49.1 Å². The number of carbonyl (C=O) groups is 1. The normalized spacial score (nSPS) is 12.6. The van der Waals surface area contributed by atoms with E-state index < -0.39 is 29.7 Å². The van der Waals surface area contributed by atoms with Gasteiger partial charge in [0.05, 0.1) is 17.7 Å². The lowest BCUT2D eigenvalue weighted by atomic mass is 10.00. The fraction of sp³-hybridized carbons (Fsp3) is 0.250. The molecule has 0 saturated heterocycles. The van der Waals surface area contributed by atoms with Crippen LogP contribution in [0.4, 0.5) is 8.78 Å². The van der Waals surface area contributed by atoms with Crippen LogP contribution < -0.4 is 10.6 Å². The van der Waals surface area contributed by atoms with Crippen molar-refractivity contribution >= 4 is 17.7 Å². The smallest absolute Gasteiger partial charge is 0.253 e. The van der Waals surface area contributed by atoms with Gasteiger partial charge < -0.3 is 15.7 Å². The third kappa shape index (κ3) is 8.98. The number of aliphatic hydroxyl groups is 1. The Balaban J connectivity index is 1.44. The molecule has 1 amide bonds. The zero-order valence-electron chi connectivity index (χ0n) is 22.3. The van der Waals surface area contributed by atoms with E-state index in [0.29, 0.717) is 17.7 Å². The van der Waals surface area contributed by atoms with Crippen LogP contribution in [-0.4, -0.2) is 34.7 Å². The van der Waals surface area contributed by atoms with Crippen molar-refractivity contribution in [1.29, 1.82) is 0 Å². The van der Waals surface area contributed by atoms with Crippen LogP contribution in [0.5, 0.6) is 0 Å². The Morgan fingerprint density at radius 2 is 1.62 bits per heavy atom. The van der Waals surface area contributed by atoms with Gasteiger partial charge in [-0.3, -0.25) is 9.78 Å². The standard InChI is InChI=1S/C32H33F2N3O2S/c1-2-22-9-6-10-24(11-22)17-35-20-31(38)30(14-25-12-27(33)16-28(34)13-25)37-32(39)26-15-29(19-36-18-26)40-21-23-7-4-3-5-8-23/h3-13,15-16,18-19,30-31,35,38H,2,14,17,20-21H2,1H3,(H,37,39). The van der Waals surface area contributed by atoms with Crippen molar-refractivity contribution in [2.24, 2.45) is 0 Å². The summed E-state index contributed by atoms with van der Waals surface area (Å²) in [6.45, 7) is 2.79. The number of nitrogens with zero attached hydrogens (tertiary/aromatic N) is 1. The SMILES string of the molecule is CCc1cccc(CNCC(O)C(Cc2cc(F)cc(F)c2)NC(=O)c2cncc(SCc3ccccc3)c2)c1. The number of aryl methyl sites for hydroxylation is 1. The number of pyridine rings is 1. The van der Waals surface area contributed by atoms with Crippen molar-refractivity contribution in [3.8, 4) is 0 Å². The number of amides is 1. The van der Waals surface area contributed by atoms with Gasteiger partial charge in [-0.1, -0.05) is 61.5 Å². The fourth-order valence-electron chi connectivity index (χ4n) is 4.35. The molecule has 0 aliphatic carbocycles. The summed E-state index contributed by atoms with van der Waals surface area (Å²) in [5.41, 5.74) is 4.13. The Kier molecular flexibility index (Phi) is 10.8. The summed E-state index contributed by atoms with van der Waals surface area (Å²) in [6, 6.07) is 22.3. The van der Waals surface area contributed by atoms with Crippen LogP contribution in [0.25, 0.3) is 0 Å².